The highest BCUT2D eigenvalue weighted by molar-refractivity contribution is 7.18. The molecule has 0 bridgehead atoms. The van der Waals surface area contributed by atoms with Gasteiger partial charge < -0.3 is 19.1 Å². The Hall–Kier alpha value is -5.03. The molecule has 0 aliphatic rings. The highest BCUT2D eigenvalue weighted by atomic mass is 32.1. The van der Waals surface area contributed by atoms with Crippen LogP contribution in [0.4, 0.5) is 17.1 Å². The van der Waals surface area contributed by atoms with E-state index in [0.29, 0.717) is 14.6 Å². The largest absolute Gasteiger partial charge is 0.465 e. The number of ether oxygens (including phenoxy) is 3. The van der Waals surface area contributed by atoms with Crippen molar-refractivity contribution >= 4 is 69.0 Å². The van der Waals surface area contributed by atoms with Crippen molar-refractivity contribution in [3.8, 4) is 31.3 Å². The molecule has 0 atom stereocenters. The van der Waals surface area contributed by atoms with E-state index in [1.54, 1.807) is 18.2 Å². The Bertz CT molecular complexity index is 1770. The summed E-state index contributed by atoms with van der Waals surface area (Å²) < 4.78 is 14.6. The number of methoxy groups -OCH3 is 3. The average Bonchev–Trinajstić information content (AvgIpc) is 3.90. The van der Waals surface area contributed by atoms with E-state index < -0.39 is 0 Å². The number of hydrogen-bond acceptors (Lipinski definition) is 10. The van der Waals surface area contributed by atoms with Crippen LogP contribution in [0.25, 0.3) is 31.3 Å². The van der Waals surface area contributed by atoms with Gasteiger partial charge in [-0.25, -0.2) is 14.4 Å². The number of nitrogens with zero attached hydrogens (tertiary/aromatic N) is 1. The average molecular weight is 666 g/mol. The summed E-state index contributed by atoms with van der Waals surface area (Å²) in [5.41, 5.74) is 5.82. The molecule has 0 amide bonds. The Balaban J connectivity index is 1.34. The number of esters is 3. The summed E-state index contributed by atoms with van der Waals surface area (Å²) in [5.74, 6) is -1.04. The fourth-order valence-electron chi connectivity index (χ4n) is 4.88. The predicted molar refractivity (Wildman–Crippen MR) is 185 cm³/mol. The van der Waals surface area contributed by atoms with E-state index in [1.165, 1.54) is 55.3 Å². The van der Waals surface area contributed by atoms with Gasteiger partial charge in [0.05, 0.1) is 21.3 Å². The minimum Gasteiger partial charge on any atom is -0.465 e. The second kappa shape index (κ2) is 13.5. The first kappa shape index (κ1) is 31.0. The maximum absolute atomic E-state index is 12.0. The Kier molecular flexibility index (Phi) is 9.11. The molecular formula is C36H27NO6S3. The van der Waals surface area contributed by atoms with Crippen molar-refractivity contribution in [1.29, 1.82) is 0 Å². The van der Waals surface area contributed by atoms with Crippen LogP contribution < -0.4 is 4.90 Å². The van der Waals surface area contributed by atoms with Crippen LogP contribution in [0.3, 0.4) is 0 Å². The SMILES string of the molecule is COC(=O)c1ccc(-c2ccc(N(c3ccc(-c4ccc(C(=O)OC)s4)cc3)c3ccc(-c4ccc(C(=O)OC)s4)cc3)cc2)s1. The summed E-state index contributed by atoms with van der Waals surface area (Å²) in [6.45, 7) is 0. The maximum Gasteiger partial charge on any atom is 0.348 e. The van der Waals surface area contributed by atoms with Gasteiger partial charge in [0.15, 0.2) is 0 Å². The first-order chi connectivity index (χ1) is 22.4. The normalized spacial score (nSPS) is 10.8. The fraction of sp³-hybridized carbons (Fsp3) is 0.0833. The Morgan fingerprint density at radius 1 is 0.413 bits per heavy atom. The summed E-state index contributed by atoms with van der Waals surface area (Å²) in [6.07, 6.45) is 0. The van der Waals surface area contributed by atoms with E-state index in [0.717, 1.165) is 48.4 Å². The molecular weight excluding hydrogens is 639 g/mol. The lowest BCUT2D eigenvalue weighted by atomic mass is 10.1. The molecule has 0 N–H and O–H groups in total. The van der Waals surface area contributed by atoms with Gasteiger partial charge in [0, 0.05) is 31.7 Å². The van der Waals surface area contributed by atoms with Crippen molar-refractivity contribution in [2.24, 2.45) is 0 Å². The molecule has 0 radical (unpaired) electrons. The predicted octanol–water partition coefficient (Wildman–Crippen LogP) is 9.70. The lowest BCUT2D eigenvalue weighted by Crippen LogP contribution is -2.09. The molecule has 3 aromatic carbocycles. The van der Waals surface area contributed by atoms with Crippen LogP contribution in [-0.2, 0) is 14.2 Å². The van der Waals surface area contributed by atoms with Crippen molar-refractivity contribution in [2.45, 2.75) is 0 Å². The number of carbonyl (C=O) groups is 3. The molecule has 46 heavy (non-hydrogen) atoms. The molecule has 3 heterocycles. The van der Waals surface area contributed by atoms with E-state index >= 15 is 0 Å². The number of rotatable bonds is 9. The molecule has 6 aromatic rings. The Morgan fingerprint density at radius 3 is 0.913 bits per heavy atom. The van der Waals surface area contributed by atoms with Gasteiger partial charge in [-0.1, -0.05) is 36.4 Å². The smallest absolute Gasteiger partial charge is 0.348 e. The topological polar surface area (TPSA) is 82.1 Å². The molecule has 0 fully saturated rings. The summed E-state index contributed by atoms with van der Waals surface area (Å²) in [5, 5.41) is 0. The molecule has 0 aliphatic carbocycles. The van der Waals surface area contributed by atoms with Gasteiger partial charge in [0.2, 0.25) is 0 Å². The first-order valence-electron chi connectivity index (χ1n) is 14.0. The van der Waals surface area contributed by atoms with Gasteiger partial charge in [-0.05, 0) is 89.5 Å². The molecule has 7 nitrogen and oxygen atoms in total. The zero-order chi connectivity index (χ0) is 32.2. The minimum atomic E-state index is -0.348. The van der Waals surface area contributed by atoms with Gasteiger partial charge in [-0.15, -0.1) is 34.0 Å². The summed E-state index contributed by atoms with van der Waals surface area (Å²) >= 11 is 4.17. The van der Waals surface area contributed by atoms with Gasteiger partial charge in [-0.2, -0.15) is 0 Å². The molecule has 0 spiro atoms. The quantitative estimate of drug-likeness (QED) is 0.112. The van der Waals surface area contributed by atoms with Crippen LogP contribution in [0.15, 0.2) is 109 Å². The van der Waals surface area contributed by atoms with Gasteiger partial charge in [0.25, 0.3) is 0 Å². The van der Waals surface area contributed by atoms with Crippen LogP contribution in [0, 0.1) is 0 Å². The molecule has 0 saturated heterocycles. The second-order valence-corrected chi connectivity index (χ2v) is 13.2. The monoisotopic (exact) mass is 665 g/mol. The van der Waals surface area contributed by atoms with Crippen LogP contribution in [0.5, 0.6) is 0 Å². The Morgan fingerprint density at radius 2 is 0.674 bits per heavy atom. The van der Waals surface area contributed by atoms with Crippen LogP contribution in [0.2, 0.25) is 0 Å². The summed E-state index contributed by atoms with van der Waals surface area (Å²) in [4.78, 5) is 42.7. The summed E-state index contributed by atoms with van der Waals surface area (Å²) in [7, 11) is 4.14. The first-order valence-corrected chi connectivity index (χ1v) is 16.5. The zero-order valence-electron chi connectivity index (χ0n) is 25.0. The van der Waals surface area contributed by atoms with Crippen LogP contribution in [0.1, 0.15) is 29.0 Å². The lowest BCUT2D eigenvalue weighted by Gasteiger charge is -2.26. The van der Waals surface area contributed by atoms with Crippen molar-refractivity contribution < 1.29 is 28.6 Å². The van der Waals surface area contributed by atoms with Crippen LogP contribution >= 0.6 is 34.0 Å². The molecule has 6 rings (SSSR count). The lowest BCUT2D eigenvalue weighted by molar-refractivity contribution is 0.0597. The fourth-order valence-corrected chi connectivity index (χ4v) is 7.67. The standard InChI is InChI=1S/C36H27NO6S3/c1-41-34(38)31-19-16-28(44-31)22-4-10-25(11-5-22)37(26-12-6-23(7-13-26)29-17-20-32(45-29)35(39)42-2)27-14-8-24(9-15-27)30-18-21-33(46-30)36(40)43-3/h4-21H,1-3H3. The Labute approximate surface area is 277 Å². The third-order valence-electron chi connectivity index (χ3n) is 7.21. The third kappa shape index (κ3) is 6.36. The van der Waals surface area contributed by atoms with E-state index in [2.05, 4.69) is 41.3 Å². The molecule has 230 valence electrons. The van der Waals surface area contributed by atoms with E-state index in [-0.39, 0.29) is 17.9 Å². The van der Waals surface area contributed by atoms with Gasteiger partial charge >= 0.3 is 17.9 Å². The van der Waals surface area contributed by atoms with Crippen molar-refractivity contribution in [3.05, 3.63) is 124 Å². The third-order valence-corrected chi connectivity index (χ3v) is 10.6. The highest BCUT2D eigenvalue weighted by Gasteiger charge is 2.17. The van der Waals surface area contributed by atoms with Gasteiger partial charge in [-0.3, -0.25) is 0 Å². The van der Waals surface area contributed by atoms with E-state index in [4.69, 9.17) is 14.2 Å². The van der Waals surface area contributed by atoms with Crippen molar-refractivity contribution in [3.63, 3.8) is 0 Å². The molecule has 0 saturated carbocycles. The van der Waals surface area contributed by atoms with Gasteiger partial charge in [0.1, 0.15) is 14.6 Å². The second-order valence-electron chi connectivity index (χ2n) is 9.94. The molecule has 0 unspecified atom stereocenters. The number of hydrogen-bond donors (Lipinski definition) is 0. The summed E-state index contributed by atoms with van der Waals surface area (Å²) in [6, 6.07) is 35.7. The number of anilines is 3. The van der Waals surface area contributed by atoms with E-state index in [9.17, 15) is 14.4 Å². The van der Waals surface area contributed by atoms with Crippen LogP contribution in [-0.4, -0.2) is 39.2 Å². The highest BCUT2D eigenvalue weighted by Crippen LogP contribution is 2.39. The van der Waals surface area contributed by atoms with E-state index in [1.807, 2.05) is 54.6 Å². The van der Waals surface area contributed by atoms with Crippen molar-refractivity contribution in [1.82, 2.24) is 0 Å². The number of thiophene rings is 3. The zero-order valence-corrected chi connectivity index (χ0v) is 27.5. The molecule has 0 aliphatic heterocycles. The number of carbonyl (C=O) groups excluding carboxylic acids is 3. The molecule has 3 aromatic heterocycles. The van der Waals surface area contributed by atoms with Crippen molar-refractivity contribution in [2.75, 3.05) is 26.2 Å². The molecule has 10 heteroatoms. The number of benzene rings is 3. The maximum atomic E-state index is 12.0. The minimum absolute atomic E-state index is 0.348.